The Morgan fingerprint density at radius 3 is 1.40 bits per heavy atom. The molecule has 0 aromatic rings. The van der Waals surface area contributed by atoms with Gasteiger partial charge < -0.3 is 0 Å². The molecule has 0 heterocycles. The minimum absolute atomic E-state index is 0.451. The second-order valence-electron chi connectivity index (χ2n) is 8.57. The summed E-state index contributed by atoms with van der Waals surface area (Å²) in [5, 5.41) is 0. The molecule has 4 bridgehead atoms. The van der Waals surface area contributed by atoms with Crippen LogP contribution in [0.2, 0.25) is 0 Å². The monoisotopic (exact) mass is 404 g/mol. The van der Waals surface area contributed by atoms with Gasteiger partial charge in [-0.15, -0.1) is 0 Å². The van der Waals surface area contributed by atoms with Gasteiger partial charge in [0.2, 0.25) is 0 Å². The van der Waals surface area contributed by atoms with E-state index in [0.717, 1.165) is 0 Å². The van der Waals surface area contributed by atoms with Crippen molar-refractivity contribution in [2.24, 2.45) is 10.8 Å². The normalized spacial score (nSPS) is 49.8. The van der Waals surface area contributed by atoms with E-state index in [1.54, 1.807) is 0 Å². The van der Waals surface area contributed by atoms with Crippen LogP contribution in [0.3, 0.4) is 0 Å². The predicted octanol–water partition coefficient (Wildman–Crippen LogP) is 6.99. The van der Waals surface area contributed by atoms with Crippen molar-refractivity contribution >= 4 is 31.9 Å². The molecule has 4 saturated carbocycles. The van der Waals surface area contributed by atoms with Crippen LogP contribution in [0.15, 0.2) is 0 Å². The highest BCUT2D eigenvalue weighted by atomic mass is 79.9. The molecule has 0 unspecified atom stereocenters. The summed E-state index contributed by atoms with van der Waals surface area (Å²) in [6.07, 6.45) is 17.2. The Morgan fingerprint density at radius 2 is 1.05 bits per heavy atom. The summed E-state index contributed by atoms with van der Waals surface area (Å²) in [6, 6.07) is 0. The van der Waals surface area contributed by atoms with Crippen LogP contribution in [0, 0.1) is 10.8 Å². The van der Waals surface area contributed by atoms with Crippen molar-refractivity contribution in [1.29, 1.82) is 0 Å². The van der Waals surface area contributed by atoms with Crippen LogP contribution in [0.25, 0.3) is 0 Å². The van der Waals surface area contributed by atoms with Crippen molar-refractivity contribution in [3.63, 3.8) is 0 Å². The van der Waals surface area contributed by atoms with E-state index in [9.17, 15) is 0 Å². The first-order chi connectivity index (χ1) is 9.36. The Balaban J connectivity index is 1.88. The van der Waals surface area contributed by atoms with E-state index in [4.69, 9.17) is 0 Å². The highest BCUT2D eigenvalue weighted by Gasteiger charge is 2.66. The van der Waals surface area contributed by atoms with Crippen LogP contribution in [0.1, 0.15) is 90.9 Å². The molecular formula is C18H30Br2. The second-order valence-corrected chi connectivity index (χ2v) is 11.9. The molecule has 0 radical (unpaired) electrons. The second kappa shape index (κ2) is 5.25. The first-order valence-corrected chi connectivity index (χ1v) is 10.3. The quantitative estimate of drug-likeness (QED) is 0.417. The molecule has 0 aliphatic heterocycles. The summed E-state index contributed by atoms with van der Waals surface area (Å²) in [4.78, 5) is 0. The third kappa shape index (κ3) is 2.77. The average molecular weight is 406 g/mol. The van der Waals surface area contributed by atoms with Crippen LogP contribution in [-0.4, -0.2) is 8.65 Å². The maximum Gasteiger partial charge on any atom is 0.0281 e. The van der Waals surface area contributed by atoms with E-state index >= 15 is 0 Å². The molecule has 116 valence electrons. The van der Waals surface area contributed by atoms with Crippen molar-refractivity contribution < 1.29 is 0 Å². The molecule has 0 amide bonds. The molecule has 0 nitrogen and oxygen atoms in total. The van der Waals surface area contributed by atoms with Crippen LogP contribution in [0.4, 0.5) is 0 Å². The van der Waals surface area contributed by atoms with Crippen LogP contribution < -0.4 is 0 Å². The summed E-state index contributed by atoms with van der Waals surface area (Å²) < 4.78 is 0.902. The molecule has 4 aliphatic carbocycles. The van der Waals surface area contributed by atoms with Crippen LogP contribution in [-0.2, 0) is 0 Å². The van der Waals surface area contributed by atoms with Gasteiger partial charge >= 0.3 is 0 Å². The van der Waals surface area contributed by atoms with E-state index in [0.29, 0.717) is 19.5 Å². The molecule has 4 aliphatic rings. The number of hydrogen-bond acceptors (Lipinski definition) is 0. The van der Waals surface area contributed by atoms with Crippen molar-refractivity contribution in [1.82, 2.24) is 0 Å². The van der Waals surface area contributed by atoms with Gasteiger partial charge in [-0.25, -0.2) is 0 Å². The fourth-order valence-corrected chi connectivity index (χ4v) is 10.3. The van der Waals surface area contributed by atoms with Gasteiger partial charge in [0.15, 0.2) is 0 Å². The lowest BCUT2D eigenvalue weighted by atomic mass is 9.42. The fraction of sp³-hybridized carbons (Fsp3) is 1.00. The smallest absolute Gasteiger partial charge is 0.0281 e. The Labute approximate surface area is 142 Å². The zero-order chi connectivity index (χ0) is 14.5. The van der Waals surface area contributed by atoms with Gasteiger partial charge in [0.05, 0.1) is 0 Å². The molecule has 4 rings (SSSR count). The number of hydrogen-bond donors (Lipinski definition) is 0. The topological polar surface area (TPSA) is 0 Å². The summed E-state index contributed by atoms with van der Waals surface area (Å²) in [5.74, 6) is 0. The van der Waals surface area contributed by atoms with Crippen molar-refractivity contribution in [2.45, 2.75) is 99.5 Å². The van der Waals surface area contributed by atoms with E-state index < -0.39 is 0 Å². The lowest BCUT2D eigenvalue weighted by molar-refractivity contribution is -0.0880. The van der Waals surface area contributed by atoms with Gasteiger partial charge in [-0.2, -0.15) is 0 Å². The largest absolute Gasteiger partial charge is 0.0852 e. The minimum atomic E-state index is 0.451. The summed E-state index contributed by atoms with van der Waals surface area (Å²) in [6.45, 7) is 4.70. The summed E-state index contributed by atoms with van der Waals surface area (Å²) >= 11 is 8.43. The Bertz CT molecular complexity index is 328. The van der Waals surface area contributed by atoms with Gasteiger partial charge in [0.1, 0.15) is 0 Å². The SMILES string of the molecule is CCCCC12CC3(Br)CC(Br)(C1)CC(CCCC)(C3)C2. The molecule has 0 aromatic carbocycles. The molecule has 4 fully saturated rings. The number of rotatable bonds is 6. The molecule has 0 spiro atoms. The number of unbranched alkanes of at least 4 members (excludes halogenated alkanes) is 2. The Kier molecular flexibility index (Phi) is 4.16. The number of alkyl halides is 2. The molecular weight excluding hydrogens is 376 g/mol. The fourth-order valence-electron chi connectivity index (χ4n) is 6.44. The standard InChI is InChI=1S/C18H30Br2/c1-3-5-7-15-9-16(8-6-4-2)12-17(19,10-15)14-18(20,11-15)13-16/h3-14H2,1-2H3. The highest BCUT2D eigenvalue weighted by Crippen LogP contribution is 2.74. The van der Waals surface area contributed by atoms with Gasteiger partial charge in [-0.3, -0.25) is 0 Å². The third-order valence-corrected chi connectivity index (χ3v) is 7.95. The van der Waals surface area contributed by atoms with Crippen molar-refractivity contribution in [2.75, 3.05) is 0 Å². The van der Waals surface area contributed by atoms with Gasteiger partial charge in [0, 0.05) is 8.65 Å². The Morgan fingerprint density at radius 1 is 0.650 bits per heavy atom. The van der Waals surface area contributed by atoms with Crippen molar-refractivity contribution in [3.8, 4) is 0 Å². The predicted molar refractivity (Wildman–Crippen MR) is 94.9 cm³/mol. The van der Waals surface area contributed by atoms with Crippen LogP contribution in [0.5, 0.6) is 0 Å². The lowest BCUT2D eigenvalue weighted by Crippen LogP contribution is -2.62. The highest BCUT2D eigenvalue weighted by molar-refractivity contribution is 9.10. The third-order valence-electron chi connectivity index (χ3n) is 6.27. The van der Waals surface area contributed by atoms with Gasteiger partial charge in [-0.1, -0.05) is 71.4 Å². The lowest BCUT2D eigenvalue weighted by Gasteiger charge is -2.68. The maximum atomic E-state index is 4.22. The zero-order valence-corrected chi connectivity index (χ0v) is 16.4. The first-order valence-electron chi connectivity index (χ1n) is 8.74. The van der Waals surface area contributed by atoms with Crippen LogP contribution >= 0.6 is 31.9 Å². The van der Waals surface area contributed by atoms with E-state index in [1.165, 1.54) is 77.0 Å². The molecule has 0 atom stereocenters. The molecule has 0 aromatic heterocycles. The molecule has 2 heteroatoms. The minimum Gasteiger partial charge on any atom is -0.0852 e. The Hall–Kier alpha value is 0.960. The molecule has 0 saturated heterocycles. The molecule has 0 N–H and O–H groups in total. The maximum absolute atomic E-state index is 4.22. The van der Waals surface area contributed by atoms with Gasteiger partial charge in [0.25, 0.3) is 0 Å². The van der Waals surface area contributed by atoms with E-state index in [1.807, 2.05) is 0 Å². The van der Waals surface area contributed by atoms with Crippen molar-refractivity contribution in [3.05, 3.63) is 0 Å². The summed E-state index contributed by atoms with van der Waals surface area (Å²) in [5.41, 5.74) is 1.29. The number of halogens is 2. The van der Waals surface area contributed by atoms with E-state index in [2.05, 4.69) is 45.7 Å². The summed E-state index contributed by atoms with van der Waals surface area (Å²) in [7, 11) is 0. The van der Waals surface area contributed by atoms with E-state index in [-0.39, 0.29) is 0 Å². The first kappa shape index (κ1) is 15.8. The van der Waals surface area contributed by atoms with Gasteiger partial charge in [-0.05, 0) is 62.2 Å². The molecule has 20 heavy (non-hydrogen) atoms. The average Bonchev–Trinajstić information content (AvgIpc) is 2.29. The zero-order valence-electron chi connectivity index (χ0n) is 13.2.